The third-order valence-electron chi connectivity index (χ3n) is 2.71. The third kappa shape index (κ3) is 5.58. The number of hydrazine groups is 1. The molecular weight excluding hydrogens is 278 g/mol. The van der Waals surface area contributed by atoms with E-state index < -0.39 is 0 Å². The lowest BCUT2D eigenvalue weighted by Crippen LogP contribution is -2.82. The molecule has 0 aliphatic carbocycles. The molecule has 2 aromatic rings. The molecule has 21 heavy (non-hydrogen) atoms. The summed E-state index contributed by atoms with van der Waals surface area (Å²) in [5.41, 5.74) is 6.13. The molecule has 0 unspecified atom stereocenters. The van der Waals surface area contributed by atoms with Gasteiger partial charge in [0.05, 0.1) is 0 Å². The van der Waals surface area contributed by atoms with E-state index in [1.54, 1.807) is 0 Å². The van der Waals surface area contributed by atoms with E-state index in [1.165, 1.54) is 0 Å². The largest absolute Gasteiger partial charge is 0.328 e. The first-order valence-electron chi connectivity index (χ1n) is 6.68. The molecule has 3 N–H and O–H groups in total. The zero-order chi connectivity index (χ0) is 14.9. The van der Waals surface area contributed by atoms with Crippen molar-refractivity contribution in [2.45, 2.75) is 6.92 Å². The Morgan fingerprint density at radius 1 is 1.00 bits per heavy atom. The minimum Gasteiger partial charge on any atom is -0.328 e. The van der Waals surface area contributed by atoms with Gasteiger partial charge in [-0.05, 0) is 42.9 Å². The van der Waals surface area contributed by atoms with Crippen molar-refractivity contribution in [1.29, 1.82) is 0 Å². The predicted octanol–water partition coefficient (Wildman–Crippen LogP) is 2.14. The Morgan fingerprint density at radius 3 is 2.29 bits per heavy atom. The number of thiocarbonyl (C=S) groups is 1. The molecular formula is C17H18N3S+. The second-order valence-electron chi connectivity index (χ2n) is 4.53. The summed E-state index contributed by atoms with van der Waals surface area (Å²) in [6, 6.07) is 20.0. The van der Waals surface area contributed by atoms with Gasteiger partial charge in [0.15, 0.2) is 6.21 Å². The van der Waals surface area contributed by atoms with E-state index in [2.05, 4.69) is 34.1 Å². The Labute approximate surface area is 130 Å². The maximum absolute atomic E-state index is 5.19. The molecule has 0 aromatic heterocycles. The molecule has 0 saturated heterocycles. The molecule has 106 valence electrons. The van der Waals surface area contributed by atoms with Crippen LogP contribution in [0.25, 0.3) is 6.08 Å². The number of para-hydroxylation sites is 1. The summed E-state index contributed by atoms with van der Waals surface area (Å²) >= 11 is 5.19. The van der Waals surface area contributed by atoms with Crippen molar-refractivity contribution in [2.75, 3.05) is 5.32 Å². The van der Waals surface area contributed by atoms with Crippen molar-refractivity contribution in [3.05, 3.63) is 71.8 Å². The van der Waals surface area contributed by atoms with Gasteiger partial charge < -0.3 is 5.32 Å². The normalized spacial score (nSPS) is 11.4. The molecule has 0 amide bonds. The van der Waals surface area contributed by atoms with Gasteiger partial charge in [0, 0.05) is 11.3 Å². The highest BCUT2D eigenvalue weighted by atomic mass is 32.1. The van der Waals surface area contributed by atoms with Crippen LogP contribution in [0.1, 0.15) is 12.5 Å². The van der Waals surface area contributed by atoms with Crippen LogP contribution in [0.2, 0.25) is 0 Å². The van der Waals surface area contributed by atoms with Gasteiger partial charge in [0.2, 0.25) is 5.11 Å². The van der Waals surface area contributed by atoms with Crippen molar-refractivity contribution in [1.82, 2.24) is 5.43 Å². The zero-order valence-corrected chi connectivity index (χ0v) is 12.7. The maximum atomic E-state index is 5.19. The highest BCUT2D eigenvalue weighted by Gasteiger charge is 1.97. The van der Waals surface area contributed by atoms with Crippen LogP contribution in [0.5, 0.6) is 0 Å². The minimum absolute atomic E-state index is 0.518. The van der Waals surface area contributed by atoms with Gasteiger partial charge in [0.25, 0.3) is 0 Å². The van der Waals surface area contributed by atoms with Crippen molar-refractivity contribution in [3.8, 4) is 0 Å². The second-order valence-corrected chi connectivity index (χ2v) is 4.94. The number of hydrogen-bond donors (Lipinski definition) is 3. The van der Waals surface area contributed by atoms with Gasteiger partial charge in [-0.3, -0.25) is 0 Å². The van der Waals surface area contributed by atoms with Gasteiger partial charge in [0.1, 0.15) is 0 Å². The van der Waals surface area contributed by atoms with E-state index in [1.807, 2.05) is 61.7 Å². The van der Waals surface area contributed by atoms with Crippen molar-refractivity contribution in [2.24, 2.45) is 0 Å². The zero-order valence-electron chi connectivity index (χ0n) is 11.8. The molecule has 3 nitrogen and oxygen atoms in total. The summed E-state index contributed by atoms with van der Waals surface area (Å²) in [7, 11) is 0. The third-order valence-corrected chi connectivity index (χ3v) is 2.92. The number of allylic oxidation sites excluding steroid dienone is 1. The standard InChI is InChI=1S/C17H17N3S/c1-14(12-15-8-4-2-5-9-15)13-18-20-17(21)19-16-10-6-3-7-11-16/h2-13H,1H3,(H2,19,20,21)/p+1. The Kier molecular flexibility index (Phi) is 5.67. The molecule has 0 aliphatic heterocycles. The van der Waals surface area contributed by atoms with Crippen LogP contribution < -0.4 is 15.8 Å². The summed E-state index contributed by atoms with van der Waals surface area (Å²) in [5, 5.41) is 6.58. The summed E-state index contributed by atoms with van der Waals surface area (Å²) < 4.78 is 0. The molecule has 0 spiro atoms. The van der Waals surface area contributed by atoms with Crippen LogP contribution in [0.3, 0.4) is 0 Å². The molecule has 0 bridgehead atoms. The Hall–Kier alpha value is -2.46. The van der Waals surface area contributed by atoms with E-state index in [0.717, 1.165) is 16.8 Å². The monoisotopic (exact) mass is 296 g/mol. The van der Waals surface area contributed by atoms with Gasteiger partial charge in [-0.1, -0.05) is 48.5 Å². The fourth-order valence-corrected chi connectivity index (χ4v) is 1.93. The Bertz CT molecular complexity index is 634. The molecule has 0 atom stereocenters. The number of hydrogen-bond acceptors (Lipinski definition) is 1. The Morgan fingerprint density at radius 2 is 1.62 bits per heavy atom. The van der Waals surface area contributed by atoms with Crippen LogP contribution in [0, 0.1) is 0 Å². The first-order valence-corrected chi connectivity index (χ1v) is 7.09. The van der Waals surface area contributed by atoms with Crippen molar-refractivity contribution < 1.29 is 5.10 Å². The van der Waals surface area contributed by atoms with Gasteiger partial charge >= 0.3 is 0 Å². The number of rotatable bonds is 4. The number of anilines is 1. The number of nitrogens with one attached hydrogen (secondary N) is 3. The quantitative estimate of drug-likeness (QED) is 0.460. The molecule has 0 radical (unpaired) electrons. The lowest BCUT2D eigenvalue weighted by Gasteiger charge is -2.03. The second kappa shape index (κ2) is 7.97. The summed E-state index contributed by atoms with van der Waals surface area (Å²) in [6.07, 6.45) is 3.95. The molecule has 2 rings (SSSR count). The maximum Gasteiger partial charge on any atom is 0.228 e. The first kappa shape index (κ1) is 14.9. The minimum atomic E-state index is 0.518. The van der Waals surface area contributed by atoms with Crippen LogP contribution >= 0.6 is 12.2 Å². The predicted molar refractivity (Wildman–Crippen MR) is 92.9 cm³/mol. The lowest BCUT2D eigenvalue weighted by molar-refractivity contribution is -0.499. The highest BCUT2D eigenvalue weighted by Crippen LogP contribution is 2.04. The molecule has 0 heterocycles. The van der Waals surface area contributed by atoms with Gasteiger partial charge in [-0.25, -0.2) is 0 Å². The van der Waals surface area contributed by atoms with E-state index >= 15 is 0 Å². The average molecular weight is 296 g/mol. The average Bonchev–Trinajstić information content (AvgIpc) is 2.49. The fourth-order valence-electron chi connectivity index (χ4n) is 1.75. The number of hydrazone groups is 1. The molecule has 0 saturated carbocycles. The summed E-state index contributed by atoms with van der Waals surface area (Å²) in [6.45, 7) is 2.02. The van der Waals surface area contributed by atoms with Gasteiger partial charge in [-0.15, -0.1) is 10.5 Å². The summed E-state index contributed by atoms with van der Waals surface area (Å²) in [5.74, 6) is 0. The van der Waals surface area contributed by atoms with E-state index in [-0.39, 0.29) is 0 Å². The number of benzene rings is 2. The summed E-state index contributed by atoms with van der Waals surface area (Å²) in [4.78, 5) is 0. The SMILES string of the molecule is CC(C=[NH+]NC(=S)Nc1ccccc1)=Cc1ccccc1. The van der Waals surface area contributed by atoms with Gasteiger partial charge in [-0.2, -0.15) is 0 Å². The van der Waals surface area contributed by atoms with E-state index in [0.29, 0.717) is 5.11 Å². The van der Waals surface area contributed by atoms with Crippen LogP contribution in [0.4, 0.5) is 5.69 Å². The molecule has 0 fully saturated rings. The van der Waals surface area contributed by atoms with Crippen LogP contribution in [0.15, 0.2) is 66.2 Å². The van der Waals surface area contributed by atoms with Crippen molar-refractivity contribution in [3.63, 3.8) is 0 Å². The topological polar surface area (TPSA) is 38.0 Å². The van der Waals surface area contributed by atoms with E-state index in [9.17, 15) is 0 Å². The highest BCUT2D eigenvalue weighted by molar-refractivity contribution is 7.80. The fraction of sp³-hybridized carbons (Fsp3) is 0.0588. The first-order chi connectivity index (χ1) is 10.2. The molecule has 0 aliphatic rings. The van der Waals surface area contributed by atoms with Crippen LogP contribution in [-0.2, 0) is 0 Å². The van der Waals surface area contributed by atoms with Crippen LogP contribution in [-0.4, -0.2) is 11.3 Å². The smallest absolute Gasteiger partial charge is 0.228 e. The van der Waals surface area contributed by atoms with Crippen molar-refractivity contribution >= 4 is 35.3 Å². The van der Waals surface area contributed by atoms with E-state index in [4.69, 9.17) is 12.2 Å². The molecule has 2 aromatic carbocycles. The molecule has 4 heteroatoms. The lowest BCUT2D eigenvalue weighted by atomic mass is 10.1. The Balaban J connectivity index is 1.84.